The standard InChI is InChI=1S/C17H25N3S/c1-12(18)16(13-10-19-20(5)11-13)21-15-8-6-14(7-9-15)17(2,3)4/h6-12,16H,18H2,1-5H3. The lowest BCUT2D eigenvalue weighted by Crippen LogP contribution is -2.22. The molecule has 114 valence electrons. The third-order valence-corrected chi connectivity index (χ3v) is 5.01. The van der Waals surface area contributed by atoms with E-state index in [4.69, 9.17) is 5.73 Å². The second kappa shape index (κ2) is 6.24. The fourth-order valence-electron chi connectivity index (χ4n) is 2.25. The van der Waals surface area contributed by atoms with Gasteiger partial charge in [0.25, 0.3) is 0 Å². The lowest BCUT2D eigenvalue weighted by atomic mass is 9.87. The molecule has 2 atom stereocenters. The van der Waals surface area contributed by atoms with E-state index in [1.807, 2.05) is 31.0 Å². The van der Waals surface area contributed by atoms with Crippen LogP contribution in [-0.4, -0.2) is 15.8 Å². The lowest BCUT2D eigenvalue weighted by Gasteiger charge is -2.21. The Hall–Kier alpha value is -1.26. The summed E-state index contributed by atoms with van der Waals surface area (Å²) in [4.78, 5) is 1.24. The maximum Gasteiger partial charge on any atom is 0.0533 e. The van der Waals surface area contributed by atoms with Crippen molar-refractivity contribution in [2.24, 2.45) is 12.8 Å². The molecule has 4 heteroatoms. The molecule has 3 nitrogen and oxygen atoms in total. The summed E-state index contributed by atoms with van der Waals surface area (Å²) in [6, 6.07) is 8.88. The Morgan fingerprint density at radius 1 is 1.19 bits per heavy atom. The summed E-state index contributed by atoms with van der Waals surface area (Å²) < 4.78 is 1.83. The molecular formula is C17H25N3S. The van der Waals surface area contributed by atoms with Crippen LogP contribution in [0.1, 0.15) is 44.1 Å². The summed E-state index contributed by atoms with van der Waals surface area (Å²) in [5.41, 5.74) is 8.89. The van der Waals surface area contributed by atoms with Crippen molar-refractivity contribution < 1.29 is 0 Å². The third kappa shape index (κ3) is 4.11. The number of aromatic nitrogens is 2. The highest BCUT2D eigenvalue weighted by Gasteiger charge is 2.20. The van der Waals surface area contributed by atoms with Crippen molar-refractivity contribution in [3.8, 4) is 0 Å². The monoisotopic (exact) mass is 303 g/mol. The molecule has 2 N–H and O–H groups in total. The highest BCUT2D eigenvalue weighted by Crippen LogP contribution is 2.37. The van der Waals surface area contributed by atoms with Gasteiger partial charge in [0.2, 0.25) is 0 Å². The second-order valence-electron chi connectivity index (χ2n) is 6.62. The van der Waals surface area contributed by atoms with Gasteiger partial charge in [-0.1, -0.05) is 32.9 Å². The Kier molecular flexibility index (Phi) is 4.79. The maximum atomic E-state index is 6.17. The molecule has 0 aliphatic rings. The van der Waals surface area contributed by atoms with Crippen LogP contribution in [0.15, 0.2) is 41.6 Å². The fourth-order valence-corrected chi connectivity index (χ4v) is 3.30. The lowest BCUT2D eigenvalue weighted by molar-refractivity contribution is 0.589. The van der Waals surface area contributed by atoms with Crippen molar-refractivity contribution in [3.63, 3.8) is 0 Å². The van der Waals surface area contributed by atoms with E-state index in [-0.39, 0.29) is 16.7 Å². The molecule has 0 aliphatic carbocycles. The van der Waals surface area contributed by atoms with Crippen LogP contribution < -0.4 is 5.73 Å². The van der Waals surface area contributed by atoms with Gasteiger partial charge in [-0.15, -0.1) is 11.8 Å². The molecule has 0 radical (unpaired) electrons. The molecule has 0 spiro atoms. The highest BCUT2D eigenvalue weighted by molar-refractivity contribution is 7.99. The molecule has 21 heavy (non-hydrogen) atoms. The maximum absolute atomic E-state index is 6.17. The second-order valence-corrected chi connectivity index (χ2v) is 7.83. The first-order valence-corrected chi connectivity index (χ1v) is 8.16. The van der Waals surface area contributed by atoms with Crippen LogP contribution in [0.2, 0.25) is 0 Å². The first-order valence-electron chi connectivity index (χ1n) is 7.28. The normalized spacial score (nSPS) is 15.0. The zero-order chi connectivity index (χ0) is 15.6. The fraction of sp³-hybridized carbons (Fsp3) is 0.471. The number of aryl methyl sites for hydroxylation is 1. The van der Waals surface area contributed by atoms with E-state index in [0.717, 1.165) is 0 Å². The van der Waals surface area contributed by atoms with Gasteiger partial charge in [0.15, 0.2) is 0 Å². The van der Waals surface area contributed by atoms with Gasteiger partial charge in [-0.3, -0.25) is 4.68 Å². The van der Waals surface area contributed by atoms with E-state index in [1.165, 1.54) is 16.0 Å². The van der Waals surface area contributed by atoms with Crippen molar-refractivity contribution >= 4 is 11.8 Å². The van der Waals surface area contributed by atoms with E-state index in [1.54, 1.807) is 11.8 Å². The van der Waals surface area contributed by atoms with Gasteiger partial charge >= 0.3 is 0 Å². The summed E-state index contributed by atoms with van der Waals surface area (Å²) in [6.07, 6.45) is 3.95. The number of hydrogen-bond donors (Lipinski definition) is 1. The van der Waals surface area contributed by atoms with Crippen molar-refractivity contribution in [2.75, 3.05) is 0 Å². The zero-order valence-electron chi connectivity index (χ0n) is 13.5. The molecule has 2 rings (SSSR count). The molecule has 1 aromatic carbocycles. The SMILES string of the molecule is CC(N)C(Sc1ccc(C(C)(C)C)cc1)c1cnn(C)c1. The smallest absolute Gasteiger partial charge is 0.0533 e. The Balaban J connectivity index is 2.18. The van der Waals surface area contributed by atoms with E-state index >= 15 is 0 Å². The van der Waals surface area contributed by atoms with Crippen molar-refractivity contribution in [1.82, 2.24) is 9.78 Å². The van der Waals surface area contributed by atoms with Crippen LogP contribution in [0.5, 0.6) is 0 Å². The molecule has 0 aliphatic heterocycles. The largest absolute Gasteiger partial charge is 0.327 e. The molecule has 0 fully saturated rings. The molecular weight excluding hydrogens is 278 g/mol. The summed E-state index contributed by atoms with van der Waals surface area (Å²) in [6.45, 7) is 8.74. The van der Waals surface area contributed by atoms with Gasteiger partial charge < -0.3 is 5.73 Å². The molecule has 1 heterocycles. The topological polar surface area (TPSA) is 43.8 Å². The van der Waals surface area contributed by atoms with Gasteiger partial charge in [0, 0.05) is 29.7 Å². The Labute approximate surface area is 131 Å². The molecule has 0 amide bonds. The average molecular weight is 303 g/mol. The number of nitrogens with two attached hydrogens (primary N) is 1. The number of hydrogen-bond acceptors (Lipinski definition) is 3. The predicted octanol–water partition coefficient (Wildman–Crippen LogP) is 3.90. The summed E-state index contributed by atoms with van der Waals surface area (Å²) in [5.74, 6) is 0. The van der Waals surface area contributed by atoms with E-state index in [2.05, 4.69) is 50.1 Å². The highest BCUT2D eigenvalue weighted by atomic mass is 32.2. The number of nitrogens with zero attached hydrogens (tertiary/aromatic N) is 2. The molecule has 2 aromatic rings. The third-order valence-electron chi connectivity index (χ3n) is 3.51. The predicted molar refractivity (Wildman–Crippen MR) is 90.6 cm³/mol. The average Bonchev–Trinajstić information content (AvgIpc) is 2.81. The van der Waals surface area contributed by atoms with Gasteiger partial charge in [0.05, 0.1) is 11.4 Å². The Bertz CT molecular complexity index is 579. The molecule has 0 saturated carbocycles. The molecule has 0 bridgehead atoms. The van der Waals surface area contributed by atoms with Crippen LogP contribution in [0.25, 0.3) is 0 Å². The number of thioether (sulfide) groups is 1. The minimum Gasteiger partial charge on any atom is -0.327 e. The van der Waals surface area contributed by atoms with Crippen LogP contribution in [0.3, 0.4) is 0 Å². The van der Waals surface area contributed by atoms with Gasteiger partial charge in [-0.2, -0.15) is 5.10 Å². The van der Waals surface area contributed by atoms with Gasteiger partial charge in [0.1, 0.15) is 0 Å². The van der Waals surface area contributed by atoms with Crippen molar-refractivity contribution in [2.45, 2.75) is 49.3 Å². The Morgan fingerprint density at radius 3 is 2.24 bits per heavy atom. The van der Waals surface area contributed by atoms with Gasteiger partial charge in [-0.25, -0.2) is 0 Å². The van der Waals surface area contributed by atoms with Gasteiger partial charge in [-0.05, 0) is 30.0 Å². The molecule has 2 unspecified atom stereocenters. The van der Waals surface area contributed by atoms with E-state index < -0.39 is 0 Å². The van der Waals surface area contributed by atoms with Crippen molar-refractivity contribution in [3.05, 3.63) is 47.8 Å². The first kappa shape index (κ1) is 16.1. The summed E-state index contributed by atoms with van der Waals surface area (Å²) >= 11 is 1.80. The quantitative estimate of drug-likeness (QED) is 0.871. The van der Waals surface area contributed by atoms with E-state index in [0.29, 0.717) is 0 Å². The Morgan fingerprint density at radius 2 is 1.81 bits per heavy atom. The summed E-state index contributed by atoms with van der Waals surface area (Å²) in [7, 11) is 1.94. The number of benzene rings is 1. The van der Waals surface area contributed by atoms with Crippen LogP contribution in [0, 0.1) is 0 Å². The summed E-state index contributed by atoms with van der Waals surface area (Å²) in [5, 5.41) is 4.48. The van der Waals surface area contributed by atoms with Crippen molar-refractivity contribution in [1.29, 1.82) is 0 Å². The molecule has 1 aromatic heterocycles. The van der Waals surface area contributed by atoms with E-state index in [9.17, 15) is 0 Å². The minimum absolute atomic E-state index is 0.0708. The van der Waals surface area contributed by atoms with Crippen LogP contribution in [-0.2, 0) is 12.5 Å². The van der Waals surface area contributed by atoms with Crippen LogP contribution in [0.4, 0.5) is 0 Å². The first-order chi connectivity index (χ1) is 9.77. The zero-order valence-corrected chi connectivity index (χ0v) is 14.3. The minimum atomic E-state index is 0.0708. The number of rotatable bonds is 4. The molecule has 0 saturated heterocycles. The van der Waals surface area contributed by atoms with Crippen LogP contribution >= 0.6 is 11.8 Å².